The molecule has 17 atom stereocenters. The number of aliphatic carboxylic acids is 1. The highest BCUT2D eigenvalue weighted by Gasteiger charge is 2.43. The number of aliphatic hydroxyl groups excluding tert-OH is 8. The molecule has 438 valence electrons. The summed E-state index contributed by atoms with van der Waals surface area (Å²) in [7, 11) is 0. The summed E-state index contributed by atoms with van der Waals surface area (Å²) in [5, 5.41) is 96.2. The van der Waals surface area contributed by atoms with Crippen LogP contribution in [-0.4, -0.2) is 165 Å². The predicted octanol–water partition coefficient (Wildman–Crippen LogP) is 3.82. The molecule has 3 heterocycles. The molecule has 0 bridgehead atoms. The van der Waals surface area contributed by atoms with Crippen molar-refractivity contribution in [3.63, 3.8) is 0 Å². The SMILES string of the molecule is C[C@@H]1C=CC=CC=CC=CC=CC=CC=C[C@@H](O[C@H]2O[C@@H](C)[C@H](O)[C@H](N)[C@@H]2O)C[C@H](O)[C@@H](CC(=O)O)[C@H](O)CC(=O)C[C@@H](O)C[C@@H](O)C[C@H](O)CC(=O)CCCC(=O)CC(=O)O[C@H]1[C@@H](C)C[C@@H](C)[C@H](O)CC(=O)c1ccncc1. The number of carbonyl (C=O) groups is 6. The predicted molar refractivity (Wildman–Crippen MR) is 291 cm³/mol. The standard InChI is InChI=1S/C59H84N2O18/c1-36-18-15-13-11-9-7-5-6-8-10-12-14-16-21-47(78-59-57(76)55(60)56(75)39(4)77-59)33-52(71)48(34-53(72)73)51(70)31-46(67)30-45(66)29-44(65)28-43(64)27-41(62)19-17-20-42(63)32-54(74)79-58(36)38(3)26-37(2)49(68)35-50(69)40-22-24-61-25-23-40/h5-16,18,21-25,36-39,43-45,47-49,51-52,55-59,64-66,68,70-71,75-76H,17,19-20,26-35,60H2,1-4H3,(H,72,73)/t36-,37-,38+,39+,43-,44+,45+,47-,48+,49-,51-,52+,55+,56+,57+,58-,59-/m1/s1. The van der Waals surface area contributed by atoms with Gasteiger partial charge in [0.2, 0.25) is 0 Å². The molecular weight excluding hydrogens is 1020 g/mol. The monoisotopic (exact) mass is 1110 g/mol. The third kappa shape index (κ3) is 26.1. The lowest BCUT2D eigenvalue weighted by atomic mass is 9.83. The minimum Gasteiger partial charge on any atom is -0.481 e. The smallest absolute Gasteiger partial charge is 0.313 e. The van der Waals surface area contributed by atoms with Gasteiger partial charge in [-0.15, -0.1) is 0 Å². The van der Waals surface area contributed by atoms with Crippen molar-refractivity contribution in [3.05, 3.63) is 115 Å². The van der Waals surface area contributed by atoms with Crippen LogP contribution in [0.15, 0.2) is 110 Å². The van der Waals surface area contributed by atoms with Crippen LogP contribution in [0.1, 0.15) is 122 Å². The lowest BCUT2D eigenvalue weighted by molar-refractivity contribution is -0.277. The van der Waals surface area contributed by atoms with Gasteiger partial charge in [0, 0.05) is 74.7 Å². The van der Waals surface area contributed by atoms with Crippen molar-refractivity contribution in [2.75, 3.05) is 0 Å². The number of carboxylic acids is 1. The molecule has 0 amide bonds. The Morgan fingerprint density at radius 3 is 1.84 bits per heavy atom. The van der Waals surface area contributed by atoms with E-state index in [1.165, 1.54) is 25.4 Å². The Balaban J connectivity index is 1.84. The number of rotatable bonds is 11. The number of Topliss-reactive ketones (excluding diaryl/α,β-unsaturated/α-hetero) is 4. The van der Waals surface area contributed by atoms with Crippen LogP contribution >= 0.6 is 0 Å². The summed E-state index contributed by atoms with van der Waals surface area (Å²) in [5.74, 6) is -6.52. The first-order valence-electron chi connectivity index (χ1n) is 27.0. The number of hydrogen-bond acceptors (Lipinski definition) is 19. The molecule has 1 fully saturated rings. The largest absolute Gasteiger partial charge is 0.481 e. The van der Waals surface area contributed by atoms with Crippen LogP contribution in [0.5, 0.6) is 0 Å². The van der Waals surface area contributed by atoms with Crippen LogP contribution in [0.25, 0.3) is 0 Å². The zero-order chi connectivity index (χ0) is 58.6. The van der Waals surface area contributed by atoms with E-state index in [4.69, 9.17) is 19.9 Å². The summed E-state index contributed by atoms with van der Waals surface area (Å²) in [4.78, 5) is 80.7. The normalized spacial score (nSPS) is 31.9. The second-order valence-electron chi connectivity index (χ2n) is 20.9. The molecule has 0 aliphatic carbocycles. The lowest BCUT2D eigenvalue weighted by Crippen LogP contribution is -2.61. The van der Waals surface area contributed by atoms with Gasteiger partial charge in [0.15, 0.2) is 12.1 Å². The summed E-state index contributed by atoms with van der Waals surface area (Å²) in [6, 6.07) is 2.00. The molecule has 3 rings (SSSR count). The van der Waals surface area contributed by atoms with Gasteiger partial charge in [-0.3, -0.25) is 33.8 Å². The van der Waals surface area contributed by atoms with Gasteiger partial charge in [0.25, 0.3) is 0 Å². The highest BCUT2D eigenvalue weighted by Crippen LogP contribution is 2.29. The van der Waals surface area contributed by atoms with E-state index in [0.717, 1.165) is 0 Å². The van der Waals surface area contributed by atoms with Crippen molar-refractivity contribution in [2.24, 2.45) is 29.4 Å². The van der Waals surface area contributed by atoms with E-state index in [9.17, 15) is 74.7 Å². The first kappa shape index (κ1) is 67.8. The van der Waals surface area contributed by atoms with Crippen LogP contribution in [0.2, 0.25) is 0 Å². The summed E-state index contributed by atoms with van der Waals surface area (Å²) in [6.45, 7) is 7.05. The van der Waals surface area contributed by atoms with Gasteiger partial charge in [-0.2, -0.15) is 0 Å². The van der Waals surface area contributed by atoms with Crippen molar-refractivity contribution in [1.82, 2.24) is 4.98 Å². The van der Waals surface area contributed by atoms with Crippen LogP contribution in [0, 0.1) is 23.7 Å². The highest BCUT2D eigenvalue weighted by atomic mass is 16.7. The number of ether oxygens (including phenoxy) is 3. The molecule has 20 nitrogen and oxygen atoms in total. The first-order chi connectivity index (χ1) is 37.4. The van der Waals surface area contributed by atoms with Gasteiger partial charge in [-0.05, 0) is 56.6 Å². The molecule has 1 aromatic rings. The van der Waals surface area contributed by atoms with Crippen LogP contribution in [-0.2, 0) is 38.2 Å². The molecule has 0 aromatic carbocycles. The number of nitrogens with two attached hydrogens (primary N) is 1. The Bertz CT molecular complexity index is 2280. The maximum absolute atomic E-state index is 13.3. The van der Waals surface area contributed by atoms with Crippen molar-refractivity contribution >= 4 is 35.1 Å². The average molecular weight is 1110 g/mol. The van der Waals surface area contributed by atoms with Gasteiger partial charge in [0.1, 0.15) is 36.0 Å². The van der Waals surface area contributed by atoms with E-state index in [1.807, 2.05) is 26.8 Å². The molecule has 0 saturated carbocycles. The minimum atomic E-state index is -1.72. The van der Waals surface area contributed by atoms with Crippen LogP contribution in [0.4, 0.5) is 0 Å². The van der Waals surface area contributed by atoms with Gasteiger partial charge in [-0.1, -0.05) is 106 Å². The number of esters is 1. The molecule has 20 heteroatoms. The maximum atomic E-state index is 13.3. The molecule has 0 spiro atoms. The fraction of sp³-hybridized carbons (Fsp3) is 0.576. The van der Waals surface area contributed by atoms with Crippen molar-refractivity contribution in [2.45, 2.75) is 191 Å². The Hall–Kier alpha value is -5.49. The van der Waals surface area contributed by atoms with Crippen LogP contribution < -0.4 is 5.73 Å². The molecule has 0 radical (unpaired) electrons. The molecule has 2 aliphatic rings. The average Bonchev–Trinajstić information content (AvgIpc) is 3.37. The van der Waals surface area contributed by atoms with Crippen molar-refractivity contribution < 1.29 is 88.9 Å². The number of nitrogens with zero attached hydrogens (tertiary/aromatic N) is 1. The topological polar surface area (TPSA) is 351 Å². The number of allylic oxidation sites excluding steroid dienone is 12. The number of aromatic nitrogens is 1. The molecule has 1 saturated heterocycles. The zero-order valence-electron chi connectivity index (χ0n) is 45.6. The van der Waals surface area contributed by atoms with Crippen molar-refractivity contribution in [3.8, 4) is 0 Å². The Kier molecular flexibility index (Phi) is 30.9. The van der Waals surface area contributed by atoms with Crippen LogP contribution in [0.3, 0.4) is 0 Å². The summed E-state index contributed by atoms with van der Waals surface area (Å²) in [5.41, 5.74) is 6.44. The summed E-state index contributed by atoms with van der Waals surface area (Å²) >= 11 is 0. The van der Waals surface area contributed by atoms with Gasteiger partial charge >= 0.3 is 11.9 Å². The summed E-state index contributed by atoms with van der Waals surface area (Å²) in [6.07, 6.45) is 7.80. The number of pyridine rings is 1. The fourth-order valence-electron chi connectivity index (χ4n) is 9.43. The number of aliphatic hydroxyl groups is 8. The quantitative estimate of drug-likeness (QED) is 0.0855. The Morgan fingerprint density at radius 2 is 1.25 bits per heavy atom. The third-order valence-corrected chi connectivity index (χ3v) is 13.9. The molecule has 1 aromatic heterocycles. The Morgan fingerprint density at radius 1 is 0.709 bits per heavy atom. The van der Waals surface area contributed by atoms with Gasteiger partial charge in [-0.25, -0.2) is 0 Å². The minimum absolute atomic E-state index is 0.0692. The molecule has 2 aliphatic heterocycles. The lowest BCUT2D eigenvalue weighted by Gasteiger charge is -2.41. The second kappa shape index (κ2) is 36.0. The molecule has 11 N–H and O–H groups in total. The zero-order valence-corrected chi connectivity index (χ0v) is 45.6. The fourth-order valence-corrected chi connectivity index (χ4v) is 9.43. The number of carboxylic acid groups (broad SMARTS) is 1. The van der Waals surface area contributed by atoms with E-state index in [1.54, 1.807) is 85.0 Å². The molecular formula is C59H84N2O18. The Labute approximate surface area is 462 Å². The molecule has 0 unspecified atom stereocenters. The van der Waals surface area contributed by atoms with E-state index in [0.29, 0.717) is 12.0 Å². The highest BCUT2D eigenvalue weighted by molar-refractivity contribution is 5.96. The van der Waals surface area contributed by atoms with E-state index in [-0.39, 0.29) is 68.5 Å². The van der Waals surface area contributed by atoms with Crippen molar-refractivity contribution in [1.29, 1.82) is 0 Å². The van der Waals surface area contributed by atoms with E-state index >= 15 is 0 Å². The van der Waals surface area contributed by atoms with E-state index in [2.05, 4.69) is 4.98 Å². The maximum Gasteiger partial charge on any atom is 0.313 e. The van der Waals surface area contributed by atoms with Gasteiger partial charge in [0.05, 0.1) is 67.4 Å². The first-order valence-corrected chi connectivity index (χ1v) is 27.0. The summed E-state index contributed by atoms with van der Waals surface area (Å²) < 4.78 is 17.6. The number of hydrogen-bond donors (Lipinski definition) is 10. The number of ketones is 4. The van der Waals surface area contributed by atoms with E-state index < -0.39 is 147 Å². The number of carbonyl (C=O) groups excluding carboxylic acids is 5. The third-order valence-electron chi connectivity index (χ3n) is 13.9. The number of cyclic esters (lactones) is 1. The molecule has 79 heavy (non-hydrogen) atoms. The van der Waals surface area contributed by atoms with Gasteiger partial charge < -0.3 is 65.9 Å². The second-order valence-corrected chi connectivity index (χ2v) is 20.9.